The van der Waals surface area contributed by atoms with Crippen molar-refractivity contribution in [2.45, 2.75) is 56.0 Å². The van der Waals surface area contributed by atoms with E-state index >= 15 is 0 Å². The van der Waals surface area contributed by atoms with Gasteiger partial charge >= 0.3 is 6.16 Å². The first-order chi connectivity index (χ1) is 15.9. The van der Waals surface area contributed by atoms with Crippen LogP contribution in [-0.4, -0.2) is 75.8 Å². The first-order valence-electron chi connectivity index (χ1n) is 11.2. The summed E-state index contributed by atoms with van der Waals surface area (Å²) in [6.45, 7) is 0.0646. The van der Waals surface area contributed by atoms with Crippen LogP contribution in [0.5, 0.6) is 0 Å². The third-order valence-electron chi connectivity index (χ3n) is 7.44. The number of hydrogen-bond acceptors (Lipinski definition) is 10. The number of carbonyl (C=O) groups is 1. The van der Waals surface area contributed by atoms with E-state index in [1.807, 2.05) is 0 Å². The molecule has 178 valence electrons. The van der Waals surface area contributed by atoms with E-state index in [1.54, 1.807) is 12.1 Å². The van der Waals surface area contributed by atoms with Crippen molar-refractivity contribution in [2.24, 2.45) is 16.3 Å². The Morgan fingerprint density at radius 1 is 1.36 bits per heavy atom. The maximum atomic E-state index is 12.2. The van der Waals surface area contributed by atoms with Crippen LogP contribution >= 0.6 is 0 Å². The number of ether oxygens (including phenoxy) is 3. The Morgan fingerprint density at radius 2 is 2.15 bits per heavy atom. The highest BCUT2D eigenvalue weighted by Gasteiger charge is 2.56. The van der Waals surface area contributed by atoms with Gasteiger partial charge in [0.05, 0.1) is 5.69 Å². The number of aliphatic imine (C=N–C) groups is 1. The second kappa shape index (κ2) is 8.23. The van der Waals surface area contributed by atoms with E-state index in [9.17, 15) is 15.0 Å². The standard InChI is InChI=1S/C22H29N5O6/c1-24-10-22(16-3-2-14-19(23)25-12-26-27(14)16)18(29)17(28)15(33-22)9-31-20(30)32-11-21-6-4-13(8-21)5-7-21/h2-3,10,12-13,15,17-18,28-29H,4-9,11H2,1H3,(H2,23,25,26)/b24-10-/t13?,15-,17-,18-,21?,22+/m1/s1. The molecule has 11 nitrogen and oxygen atoms in total. The van der Waals surface area contributed by atoms with Gasteiger partial charge in [-0.15, -0.1) is 0 Å². The van der Waals surface area contributed by atoms with Crippen molar-refractivity contribution in [2.75, 3.05) is 26.0 Å². The highest BCUT2D eigenvalue weighted by molar-refractivity contribution is 5.75. The quantitative estimate of drug-likeness (QED) is 0.425. The molecule has 2 aromatic heterocycles. The van der Waals surface area contributed by atoms with Crippen molar-refractivity contribution >= 4 is 23.7 Å². The van der Waals surface area contributed by atoms with E-state index in [4.69, 9.17) is 19.9 Å². The highest BCUT2D eigenvalue weighted by atomic mass is 16.7. The molecule has 4 N–H and O–H groups in total. The van der Waals surface area contributed by atoms with Crippen LogP contribution in [0.15, 0.2) is 23.5 Å². The molecule has 5 rings (SSSR count). The first kappa shape index (κ1) is 22.1. The fraction of sp³-hybridized carbons (Fsp3) is 0.636. The molecule has 1 aliphatic heterocycles. The monoisotopic (exact) mass is 459 g/mol. The van der Waals surface area contributed by atoms with Crippen LogP contribution in [0.4, 0.5) is 10.6 Å². The van der Waals surface area contributed by atoms with E-state index < -0.39 is 30.1 Å². The number of aromatic nitrogens is 3. The van der Waals surface area contributed by atoms with Gasteiger partial charge in [-0.05, 0) is 50.2 Å². The number of nitrogens with two attached hydrogens (primary N) is 1. The number of carbonyl (C=O) groups excluding carboxylic acids is 1. The lowest BCUT2D eigenvalue weighted by Crippen LogP contribution is -2.43. The maximum absolute atomic E-state index is 12.2. The Bertz CT molecular complexity index is 1060. The van der Waals surface area contributed by atoms with Gasteiger partial charge in [0.25, 0.3) is 0 Å². The molecule has 0 radical (unpaired) electrons. The number of aliphatic hydroxyl groups is 2. The average molecular weight is 460 g/mol. The summed E-state index contributed by atoms with van der Waals surface area (Å²) in [6.07, 6.45) is 3.81. The van der Waals surface area contributed by atoms with Crippen LogP contribution in [-0.2, 0) is 19.8 Å². The summed E-state index contributed by atoms with van der Waals surface area (Å²) in [6, 6.07) is 3.36. The summed E-state index contributed by atoms with van der Waals surface area (Å²) in [5, 5.41) is 25.9. The van der Waals surface area contributed by atoms with Crippen LogP contribution in [0.1, 0.15) is 37.8 Å². The molecule has 0 amide bonds. The lowest BCUT2D eigenvalue weighted by molar-refractivity contribution is -0.0659. The molecule has 2 bridgehead atoms. The Kier molecular flexibility index (Phi) is 5.50. The van der Waals surface area contributed by atoms with Gasteiger partial charge in [-0.25, -0.2) is 14.3 Å². The molecule has 4 atom stereocenters. The molecule has 1 saturated heterocycles. The average Bonchev–Trinajstić information content (AvgIpc) is 3.57. The minimum atomic E-state index is -1.53. The fourth-order valence-electron chi connectivity index (χ4n) is 5.72. The summed E-state index contributed by atoms with van der Waals surface area (Å²) in [5.74, 6) is 1.01. The number of anilines is 1. The van der Waals surface area contributed by atoms with E-state index in [0.717, 1.165) is 25.2 Å². The molecule has 2 aliphatic carbocycles. The number of hydrogen-bond donors (Lipinski definition) is 3. The first-order valence-corrected chi connectivity index (χ1v) is 11.2. The summed E-state index contributed by atoms with van der Waals surface area (Å²) in [4.78, 5) is 20.2. The Labute approximate surface area is 190 Å². The number of nitrogens with zero attached hydrogens (tertiary/aromatic N) is 4. The van der Waals surface area contributed by atoms with Crippen molar-refractivity contribution in [1.29, 1.82) is 0 Å². The number of rotatable bonds is 6. The number of aliphatic hydroxyl groups excluding tert-OH is 2. The summed E-state index contributed by atoms with van der Waals surface area (Å²) in [5.41, 5.74) is 5.41. The predicted molar refractivity (Wildman–Crippen MR) is 117 cm³/mol. The molecular formula is C22H29N5O6. The molecule has 3 heterocycles. The minimum absolute atomic E-state index is 0.0930. The van der Waals surface area contributed by atoms with Gasteiger partial charge in [0.1, 0.15) is 43.4 Å². The minimum Gasteiger partial charge on any atom is -0.434 e. The topological polar surface area (TPSA) is 154 Å². The smallest absolute Gasteiger partial charge is 0.434 e. The van der Waals surface area contributed by atoms with E-state index in [-0.39, 0.29) is 17.8 Å². The van der Waals surface area contributed by atoms with E-state index in [1.165, 1.54) is 36.9 Å². The molecule has 33 heavy (non-hydrogen) atoms. The van der Waals surface area contributed by atoms with Gasteiger partial charge in [0.2, 0.25) is 0 Å². The summed E-state index contributed by atoms with van der Waals surface area (Å²) >= 11 is 0. The van der Waals surface area contributed by atoms with Gasteiger partial charge < -0.3 is 30.2 Å². The molecule has 3 fully saturated rings. The second-order valence-corrected chi connectivity index (χ2v) is 9.43. The van der Waals surface area contributed by atoms with Gasteiger partial charge in [0.15, 0.2) is 11.4 Å². The van der Waals surface area contributed by atoms with Crippen molar-refractivity contribution in [3.63, 3.8) is 0 Å². The van der Waals surface area contributed by atoms with Crippen molar-refractivity contribution < 1.29 is 29.2 Å². The van der Waals surface area contributed by atoms with Crippen LogP contribution in [0, 0.1) is 11.3 Å². The van der Waals surface area contributed by atoms with Crippen LogP contribution in [0.3, 0.4) is 0 Å². The Hall–Kier alpha value is -2.76. The van der Waals surface area contributed by atoms with Crippen molar-refractivity contribution in [1.82, 2.24) is 14.6 Å². The zero-order chi connectivity index (χ0) is 23.2. The maximum Gasteiger partial charge on any atom is 0.508 e. The molecular weight excluding hydrogens is 430 g/mol. The van der Waals surface area contributed by atoms with Gasteiger partial charge in [0, 0.05) is 18.7 Å². The van der Waals surface area contributed by atoms with E-state index in [2.05, 4.69) is 15.1 Å². The van der Waals surface area contributed by atoms with Crippen LogP contribution in [0.2, 0.25) is 0 Å². The highest BCUT2D eigenvalue weighted by Crippen LogP contribution is 2.54. The lowest BCUT2D eigenvalue weighted by Gasteiger charge is -2.27. The number of fused-ring (bicyclic) bond motifs is 3. The van der Waals surface area contributed by atoms with Gasteiger partial charge in [-0.1, -0.05) is 0 Å². The third-order valence-corrected chi connectivity index (χ3v) is 7.44. The molecule has 2 aromatic rings. The van der Waals surface area contributed by atoms with Crippen LogP contribution in [0.25, 0.3) is 5.52 Å². The van der Waals surface area contributed by atoms with E-state index in [0.29, 0.717) is 17.8 Å². The number of nitrogen functional groups attached to an aromatic ring is 1. The third kappa shape index (κ3) is 3.64. The Balaban J connectivity index is 1.29. The Morgan fingerprint density at radius 3 is 2.85 bits per heavy atom. The normalized spacial score (nSPS) is 35.6. The molecule has 11 heteroatoms. The molecule has 0 spiro atoms. The molecule has 2 saturated carbocycles. The second-order valence-electron chi connectivity index (χ2n) is 9.43. The molecule has 0 aromatic carbocycles. The zero-order valence-corrected chi connectivity index (χ0v) is 18.5. The SMILES string of the molecule is C/N=C\[C@@]1(c2ccc3c(N)ncnn23)O[C@H](COC(=O)OCC23CCC(CC2)C3)[C@@H](O)[C@H]1O. The van der Waals surface area contributed by atoms with Crippen LogP contribution < -0.4 is 5.73 Å². The fourth-order valence-corrected chi connectivity index (χ4v) is 5.72. The lowest BCUT2D eigenvalue weighted by atomic mass is 9.85. The predicted octanol–water partition coefficient (Wildman–Crippen LogP) is 1.06. The van der Waals surface area contributed by atoms with Crippen molar-refractivity contribution in [3.8, 4) is 0 Å². The van der Waals surface area contributed by atoms with Gasteiger partial charge in [-0.3, -0.25) is 4.99 Å². The van der Waals surface area contributed by atoms with Crippen molar-refractivity contribution in [3.05, 3.63) is 24.2 Å². The largest absolute Gasteiger partial charge is 0.508 e. The molecule has 0 unspecified atom stereocenters. The molecule has 3 aliphatic rings. The summed E-state index contributed by atoms with van der Waals surface area (Å²) < 4.78 is 18.2. The zero-order valence-electron chi connectivity index (χ0n) is 18.5. The van der Waals surface area contributed by atoms with Gasteiger partial charge in [-0.2, -0.15) is 5.10 Å². The summed E-state index contributed by atoms with van der Waals surface area (Å²) in [7, 11) is 1.53.